The zero-order valence-corrected chi connectivity index (χ0v) is 18.9. The Morgan fingerprint density at radius 1 is 0.667 bits per heavy atom. The lowest BCUT2D eigenvalue weighted by Gasteiger charge is -2.18. The van der Waals surface area contributed by atoms with E-state index in [-0.39, 0.29) is 5.96 Å². The van der Waals surface area contributed by atoms with E-state index in [2.05, 4.69) is 115 Å². The molecule has 0 radical (unpaired) electrons. The van der Waals surface area contributed by atoms with Crippen molar-refractivity contribution in [1.82, 2.24) is 0 Å². The third-order valence-corrected chi connectivity index (χ3v) is 6.99. The highest BCUT2D eigenvalue weighted by molar-refractivity contribution is 9.11. The van der Waals surface area contributed by atoms with Crippen LogP contribution in [0.4, 0.5) is 11.4 Å². The molecule has 3 N–H and O–H groups in total. The van der Waals surface area contributed by atoms with Crippen LogP contribution in [0.15, 0.2) is 57.5 Å². The summed E-state index contributed by atoms with van der Waals surface area (Å²) in [6.07, 6.45) is 8.47. The number of nitrogens with one attached hydrogen (secondary N) is 3. The molecule has 4 aromatic carbocycles. The van der Waals surface area contributed by atoms with Gasteiger partial charge in [-0.05, 0) is 76.7 Å². The highest BCUT2D eigenvalue weighted by atomic mass is 79.9. The molecule has 0 aromatic heterocycles. The molecule has 0 saturated heterocycles. The van der Waals surface area contributed by atoms with Gasteiger partial charge in [0.1, 0.15) is 0 Å². The number of rotatable bonds is 2. The van der Waals surface area contributed by atoms with Crippen molar-refractivity contribution in [3.8, 4) is 0 Å². The summed E-state index contributed by atoms with van der Waals surface area (Å²) in [5.41, 5.74) is 6.41. The molecule has 0 amide bonds. The molecule has 144 valence electrons. The Hall–Kier alpha value is -2.89. The van der Waals surface area contributed by atoms with Crippen LogP contribution in [0.1, 0.15) is 22.3 Å². The van der Waals surface area contributed by atoms with Crippen molar-refractivity contribution in [3.63, 3.8) is 0 Å². The first kappa shape index (κ1) is 17.9. The van der Waals surface area contributed by atoms with E-state index in [4.69, 9.17) is 5.41 Å². The Bertz CT molecular complexity index is 1370. The van der Waals surface area contributed by atoms with Gasteiger partial charge in [0, 0.05) is 20.1 Å². The summed E-state index contributed by atoms with van der Waals surface area (Å²) >= 11 is 7.38. The van der Waals surface area contributed by atoms with Gasteiger partial charge in [-0.25, -0.2) is 0 Å². The zero-order valence-electron chi connectivity index (χ0n) is 15.7. The third-order valence-electron chi connectivity index (χ3n) is 5.74. The summed E-state index contributed by atoms with van der Waals surface area (Å²) in [6, 6.07) is 16.8. The van der Waals surface area contributed by atoms with Gasteiger partial charge in [0.25, 0.3) is 0 Å². The molecule has 2 aliphatic rings. The molecule has 0 aliphatic heterocycles. The van der Waals surface area contributed by atoms with E-state index in [0.29, 0.717) is 0 Å². The van der Waals surface area contributed by atoms with Crippen molar-refractivity contribution in [1.29, 1.82) is 5.41 Å². The lowest BCUT2D eigenvalue weighted by Crippen LogP contribution is -2.22. The maximum atomic E-state index is 8.64. The smallest absolute Gasteiger partial charge is 0.197 e. The summed E-state index contributed by atoms with van der Waals surface area (Å²) in [5.74, 6) is 0.221. The standard InChI is InChI=1S/C25H15Br2N3/c26-19-11-15-5-1-3-13-7-9-17(21(13)15)23(19)29-25(28)30-24-18-10-8-14-4-2-6-16(22(14)18)12-20(24)27/h1-12H,(H3,28,29,30). The fraction of sp³-hybridized carbons (Fsp3) is 0. The van der Waals surface area contributed by atoms with Crippen LogP contribution in [0.2, 0.25) is 0 Å². The molecular formula is C25H15Br2N3. The van der Waals surface area contributed by atoms with E-state index >= 15 is 0 Å². The van der Waals surface area contributed by atoms with Crippen molar-refractivity contribution >= 4 is 95.0 Å². The highest BCUT2D eigenvalue weighted by Crippen LogP contribution is 2.42. The first-order chi connectivity index (χ1) is 14.6. The second-order valence-electron chi connectivity index (χ2n) is 7.48. The van der Waals surface area contributed by atoms with Crippen LogP contribution in [-0.4, -0.2) is 5.96 Å². The number of hydrogen-bond donors (Lipinski definition) is 3. The molecule has 0 atom stereocenters. The van der Waals surface area contributed by atoms with Crippen molar-refractivity contribution in [3.05, 3.63) is 79.7 Å². The van der Waals surface area contributed by atoms with Gasteiger partial charge in [0.15, 0.2) is 5.96 Å². The largest absolute Gasteiger partial charge is 0.325 e. The minimum absolute atomic E-state index is 0.221. The molecule has 2 aliphatic carbocycles. The molecule has 0 unspecified atom stereocenters. The lowest BCUT2D eigenvalue weighted by molar-refractivity contribution is 1.42. The van der Waals surface area contributed by atoms with E-state index in [1.54, 1.807) is 0 Å². The van der Waals surface area contributed by atoms with Gasteiger partial charge in [-0.1, -0.05) is 60.7 Å². The number of guanidine groups is 1. The normalized spacial score (nSPS) is 12.9. The third kappa shape index (κ3) is 2.59. The minimum Gasteiger partial charge on any atom is -0.325 e. The SMILES string of the molecule is N=C(Nc1c(Br)cc2cccc3c2c1C=C3)Nc1c(Br)cc2cccc3c2c1C=C3. The van der Waals surface area contributed by atoms with Crippen molar-refractivity contribution in [2.75, 3.05) is 10.6 Å². The summed E-state index contributed by atoms with van der Waals surface area (Å²) in [5, 5.41) is 20.0. The van der Waals surface area contributed by atoms with Crippen LogP contribution >= 0.6 is 31.9 Å². The van der Waals surface area contributed by atoms with Crippen LogP contribution in [0, 0.1) is 5.41 Å². The molecule has 3 nitrogen and oxygen atoms in total. The Labute approximate surface area is 190 Å². The minimum atomic E-state index is 0.221. The first-order valence-corrected chi connectivity index (χ1v) is 11.2. The molecule has 6 rings (SSSR count). The molecule has 0 saturated carbocycles. The predicted octanol–water partition coefficient (Wildman–Crippen LogP) is 7.94. The summed E-state index contributed by atoms with van der Waals surface area (Å²) in [4.78, 5) is 0. The van der Waals surface area contributed by atoms with Crippen LogP contribution in [0.3, 0.4) is 0 Å². The van der Waals surface area contributed by atoms with E-state index in [1.807, 2.05) is 0 Å². The summed E-state index contributed by atoms with van der Waals surface area (Å²) in [6.45, 7) is 0. The second kappa shape index (κ2) is 6.56. The summed E-state index contributed by atoms with van der Waals surface area (Å²) in [7, 11) is 0. The van der Waals surface area contributed by atoms with E-state index in [0.717, 1.165) is 31.4 Å². The fourth-order valence-corrected chi connectivity index (χ4v) is 5.58. The monoisotopic (exact) mass is 515 g/mol. The van der Waals surface area contributed by atoms with Gasteiger partial charge in [-0.2, -0.15) is 0 Å². The van der Waals surface area contributed by atoms with Gasteiger partial charge >= 0.3 is 0 Å². The summed E-state index contributed by atoms with van der Waals surface area (Å²) < 4.78 is 1.87. The van der Waals surface area contributed by atoms with Gasteiger partial charge in [-0.15, -0.1) is 0 Å². The zero-order chi connectivity index (χ0) is 20.4. The molecule has 0 bridgehead atoms. The molecule has 5 heteroatoms. The van der Waals surface area contributed by atoms with Gasteiger partial charge in [0.2, 0.25) is 0 Å². The van der Waals surface area contributed by atoms with Crippen LogP contribution in [0.5, 0.6) is 0 Å². The Morgan fingerprint density at radius 2 is 1.13 bits per heavy atom. The molecule has 0 spiro atoms. The van der Waals surface area contributed by atoms with Gasteiger partial charge in [-0.3, -0.25) is 5.41 Å². The topological polar surface area (TPSA) is 47.9 Å². The molecule has 4 aromatic rings. The Kier molecular flexibility index (Phi) is 3.92. The number of hydrogen-bond acceptors (Lipinski definition) is 1. The molecular weight excluding hydrogens is 502 g/mol. The average Bonchev–Trinajstić information content (AvgIpc) is 3.35. The average molecular weight is 517 g/mol. The van der Waals surface area contributed by atoms with Gasteiger partial charge < -0.3 is 10.6 Å². The van der Waals surface area contributed by atoms with Crippen molar-refractivity contribution in [2.24, 2.45) is 0 Å². The lowest BCUT2D eigenvalue weighted by atomic mass is 10.0. The van der Waals surface area contributed by atoms with E-state index in [9.17, 15) is 0 Å². The quantitative estimate of drug-likeness (QED) is 0.161. The van der Waals surface area contributed by atoms with Crippen molar-refractivity contribution in [2.45, 2.75) is 0 Å². The molecule has 0 fully saturated rings. The number of benzene rings is 4. The molecule has 0 heterocycles. The van der Waals surface area contributed by atoms with E-state index < -0.39 is 0 Å². The highest BCUT2D eigenvalue weighted by Gasteiger charge is 2.19. The van der Waals surface area contributed by atoms with Crippen LogP contribution in [-0.2, 0) is 0 Å². The maximum Gasteiger partial charge on any atom is 0.197 e. The van der Waals surface area contributed by atoms with Crippen molar-refractivity contribution < 1.29 is 0 Å². The maximum absolute atomic E-state index is 8.64. The second-order valence-corrected chi connectivity index (χ2v) is 9.19. The molecule has 30 heavy (non-hydrogen) atoms. The first-order valence-electron chi connectivity index (χ1n) is 9.59. The predicted molar refractivity (Wildman–Crippen MR) is 136 cm³/mol. The Morgan fingerprint density at radius 3 is 1.60 bits per heavy atom. The van der Waals surface area contributed by atoms with E-state index in [1.165, 1.54) is 32.7 Å². The fourth-order valence-electron chi connectivity index (χ4n) is 4.46. The number of halogens is 2. The number of anilines is 2. The Balaban J connectivity index is 1.39. The van der Waals surface area contributed by atoms with Crippen LogP contribution < -0.4 is 10.6 Å². The van der Waals surface area contributed by atoms with Crippen LogP contribution in [0.25, 0.3) is 45.8 Å². The van der Waals surface area contributed by atoms with Gasteiger partial charge in [0.05, 0.1) is 11.4 Å².